The summed E-state index contributed by atoms with van der Waals surface area (Å²) in [6.07, 6.45) is 1.74. The van der Waals surface area contributed by atoms with Crippen LogP contribution in [0, 0.1) is 0 Å². The van der Waals surface area contributed by atoms with Gasteiger partial charge in [0.25, 0.3) is 5.91 Å². The number of carbonyl (C=O) groups excluding carboxylic acids is 1. The number of amides is 1. The Morgan fingerprint density at radius 1 is 1.27 bits per heavy atom. The highest BCUT2D eigenvalue weighted by molar-refractivity contribution is 7.89. The SMILES string of the molecule is O=C(C[NH2+]Cc1cccs1)Nc1cc(S(=O)(=O)N2CCCC2)ccc1Cl. The third-order valence-corrected chi connectivity index (χ3v) is 7.29. The number of hydrogen-bond donors (Lipinski definition) is 2. The molecule has 2 heterocycles. The highest BCUT2D eigenvalue weighted by Gasteiger charge is 2.27. The van der Waals surface area contributed by atoms with Crippen molar-refractivity contribution in [2.24, 2.45) is 0 Å². The van der Waals surface area contributed by atoms with E-state index in [2.05, 4.69) is 5.32 Å². The highest BCUT2D eigenvalue weighted by Crippen LogP contribution is 2.28. The normalized spacial score (nSPS) is 15.3. The lowest BCUT2D eigenvalue weighted by Gasteiger charge is -2.16. The Morgan fingerprint density at radius 3 is 2.73 bits per heavy atom. The van der Waals surface area contributed by atoms with Gasteiger partial charge in [0.1, 0.15) is 6.54 Å². The monoisotopic (exact) mass is 414 g/mol. The number of sulfonamides is 1. The summed E-state index contributed by atoms with van der Waals surface area (Å²) in [4.78, 5) is 13.5. The van der Waals surface area contributed by atoms with Crippen LogP contribution in [0.4, 0.5) is 5.69 Å². The van der Waals surface area contributed by atoms with Crippen molar-refractivity contribution in [3.63, 3.8) is 0 Å². The van der Waals surface area contributed by atoms with E-state index < -0.39 is 10.0 Å². The van der Waals surface area contributed by atoms with E-state index in [-0.39, 0.29) is 17.3 Å². The zero-order valence-corrected chi connectivity index (χ0v) is 16.5. The summed E-state index contributed by atoms with van der Waals surface area (Å²) in [6, 6.07) is 8.42. The zero-order valence-electron chi connectivity index (χ0n) is 14.2. The van der Waals surface area contributed by atoms with Crippen LogP contribution < -0.4 is 10.6 Å². The quantitative estimate of drug-likeness (QED) is 0.725. The molecule has 0 unspecified atom stereocenters. The average molecular weight is 415 g/mol. The number of hydrogen-bond acceptors (Lipinski definition) is 4. The van der Waals surface area contributed by atoms with Crippen LogP contribution in [-0.4, -0.2) is 38.3 Å². The van der Waals surface area contributed by atoms with E-state index >= 15 is 0 Å². The van der Waals surface area contributed by atoms with Gasteiger partial charge in [-0.05, 0) is 42.5 Å². The predicted octanol–water partition coefficient (Wildman–Crippen LogP) is 1.89. The molecule has 1 aromatic carbocycles. The Hall–Kier alpha value is -1.45. The Balaban J connectivity index is 1.64. The van der Waals surface area contributed by atoms with E-state index in [1.807, 2.05) is 22.8 Å². The summed E-state index contributed by atoms with van der Waals surface area (Å²) in [5, 5.41) is 6.91. The van der Waals surface area contributed by atoms with Crippen LogP contribution in [0.3, 0.4) is 0 Å². The number of rotatable bonds is 7. The van der Waals surface area contributed by atoms with Crippen LogP contribution in [0.1, 0.15) is 17.7 Å². The molecule has 0 bridgehead atoms. The van der Waals surface area contributed by atoms with Crippen LogP contribution in [-0.2, 0) is 21.4 Å². The molecule has 0 atom stereocenters. The van der Waals surface area contributed by atoms with Gasteiger partial charge < -0.3 is 10.6 Å². The molecule has 1 amide bonds. The maximum atomic E-state index is 12.7. The lowest BCUT2D eigenvalue weighted by atomic mass is 10.3. The molecule has 9 heteroatoms. The van der Waals surface area contributed by atoms with Gasteiger partial charge >= 0.3 is 0 Å². The van der Waals surface area contributed by atoms with E-state index in [9.17, 15) is 13.2 Å². The molecule has 0 radical (unpaired) electrons. The summed E-state index contributed by atoms with van der Waals surface area (Å²) in [5.74, 6) is -0.223. The van der Waals surface area contributed by atoms with Crippen LogP contribution >= 0.6 is 22.9 Å². The summed E-state index contributed by atoms with van der Waals surface area (Å²) in [7, 11) is -3.54. The number of anilines is 1. The van der Waals surface area contributed by atoms with Crippen LogP contribution in [0.2, 0.25) is 5.02 Å². The van der Waals surface area contributed by atoms with Gasteiger partial charge in [0, 0.05) is 13.1 Å². The zero-order chi connectivity index (χ0) is 18.6. The van der Waals surface area contributed by atoms with Crippen molar-refractivity contribution >= 4 is 44.6 Å². The van der Waals surface area contributed by atoms with Gasteiger partial charge in [-0.3, -0.25) is 4.79 Å². The minimum atomic E-state index is -3.54. The molecule has 2 aromatic rings. The lowest BCUT2D eigenvalue weighted by Crippen LogP contribution is -2.84. The number of thiophene rings is 1. The number of benzene rings is 1. The van der Waals surface area contributed by atoms with Crippen molar-refractivity contribution in [2.45, 2.75) is 24.3 Å². The molecule has 1 saturated heterocycles. The molecule has 1 aromatic heterocycles. The first kappa shape index (κ1) is 19.3. The fourth-order valence-electron chi connectivity index (χ4n) is 2.81. The third-order valence-electron chi connectivity index (χ3n) is 4.17. The summed E-state index contributed by atoms with van der Waals surface area (Å²) in [5.41, 5.74) is 0.321. The topological polar surface area (TPSA) is 83.1 Å². The van der Waals surface area contributed by atoms with Crippen molar-refractivity contribution in [2.75, 3.05) is 25.0 Å². The van der Waals surface area contributed by atoms with E-state index in [1.165, 1.54) is 27.4 Å². The van der Waals surface area contributed by atoms with E-state index in [1.54, 1.807) is 11.3 Å². The van der Waals surface area contributed by atoms with Crippen molar-refractivity contribution in [1.82, 2.24) is 4.31 Å². The van der Waals surface area contributed by atoms with Crippen molar-refractivity contribution in [3.8, 4) is 0 Å². The summed E-state index contributed by atoms with van der Waals surface area (Å²) in [6.45, 7) is 2.02. The summed E-state index contributed by atoms with van der Waals surface area (Å²) < 4.78 is 26.8. The Kier molecular flexibility index (Phi) is 6.31. The second-order valence-electron chi connectivity index (χ2n) is 6.08. The van der Waals surface area contributed by atoms with E-state index in [0.29, 0.717) is 23.8 Å². The Bertz CT molecular complexity index is 863. The van der Waals surface area contributed by atoms with Gasteiger partial charge in [0.05, 0.1) is 20.5 Å². The number of nitrogens with two attached hydrogens (primary N) is 1. The largest absolute Gasteiger partial charge is 0.334 e. The van der Waals surface area contributed by atoms with Crippen molar-refractivity contribution in [3.05, 3.63) is 45.6 Å². The molecule has 0 saturated carbocycles. The smallest absolute Gasteiger partial charge is 0.279 e. The summed E-state index contributed by atoms with van der Waals surface area (Å²) >= 11 is 7.78. The Morgan fingerprint density at radius 2 is 2.04 bits per heavy atom. The van der Waals surface area contributed by atoms with Gasteiger partial charge in [-0.15, -0.1) is 11.3 Å². The lowest BCUT2D eigenvalue weighted by molar-refractivity contribution is -0.659. The van der Waals surface area contributed by atoms with Crippen LogP contribution in [0.25, 0.3) is 0 Å². The molecule has 1 fully saturated rings. The van der Waals surface area contributed by atoms with Crippen molar-refractivity contribution in [1.29, 1.82) is 0 Å². The molecular formula is C17H21ClN3O3S2+. The first-order valence-electron chi connectivity index (χ1n) is 8.40. The van der Waals surface area contributed by atoms with Gasteiger partial charge in [0.2, 0.25) is 10.0 Å². The molecule has 0 spiro atoms. The van der Waals surface area contributed by atoms with Crippen molar-refractivity contribution < 1.29 is 18.5 Å². The van der Waals surface area contributed by atoms with Gasteiger partial charge in [-0.25, -0.2) is 8.42 Å². The maximum absolute atomic E-state index is 12.7. The minimum Gasteiger partial charge on any atom is -0.334 e. The maximum Gasteiger partial charge on any atom is 0.279 e. The molecule has 6 nitrogen and oxygen atoms in total. The molecule has 0 aliphatic carbocycles. The number of carbonyl (C=O) groups is 1. The number of nitrogens with zero attached hydrogens (tertiary/aromatic N) is 1. The molecule has 3 rings (SSSR count). The highest BCUT2D eigenvalue weighted by atomic mass is 35.5. The second-order valence-corrected chi connectivity index (χ2v) is 9.45. The third kappa shape index (κ3) is 4.63. The first-order valence-corrected chi connectivity index (χ1v) is 11.1. The standard InChI is InChI=1S/C17H20ClN3O3S2/c18-15-6-5-14(26(23,24)21-7-1-2-8-21)10-16(15)20-17(22)12-19-11-13-4-3-9-25-13/h3-6,9-10,19H,1-2,7-8,11-12H2,(H,20,22)/p+1. The van der Waals surface area contributed by atoms with Gasteiger partial charge in [-0.1, -0.05) is 17.7 Å². The van der Waals surface area contributed by atoms with E-state index in [4.69, 9.17) is 11.6 Å². The minimum absolute atomic E-state index is 0.154. The Labute approximate surface area is 162 Å². The first-order chi connectivity index (χ1) is 12.5. The predicted molar refractivity (Wildman–Crippen MR) is 103 cm³/mol. The fourth-order valence-corrected chi connectivity index (χ4v) is 5.23. The molecular weight excluding hydrogens is 394 g/mol. The number of halogens is 1. The number of quaternary nitrogens is 1. The average Bonchev–Trinajstić information content (AvgIpc) is 3.30. The molecule has 1 aliphatic rings. The molecule has 1 aliphatic heterocycles. The fraction of sp³-hybridized carbons (Fsp3) is 0.353. The molecule has 140 valence electrons. The van der Waals surface area contributed by atoms with E-state index in [0.717, 1.165) is 19.4 Å². The second kappa shape index (κ2) is 8.49. The van der Waals surface area contributed by atoms with Gasteiger partial charge in [-0.2, -0.15) is 4.31 Å². The molecule has 26 heavy (non-hydrogen) atoms. The van der Waals surface area contributed by atoms with Crippen LogP contribution in [0.5, 0.6) is 0 Å². The molecule has 3 N–H and O–H groups in total. The number of nitrogens with one attached hydrogen (secondary N) is 1. The van der Waals surface area contributed by atoms with Crippen LogP contribution in [0.15, 0.2) is 40.6 Å². The van der Waals surface area contributed by atoms with Gasteiger partial charge in [0.15, 0.2) is 6.54 Å².